The second-order valence-corrected chi connectivity index (χ2v) is 13.4. The third-order valence-electron chi connectivity index (χ3n) is 8.34. The van der Waals surface area contributed by atoms with Crippen LogP contribution in [0.25, 0.3) is 0 Å². The van der Waals surface area contributed by atoms with Crippen LogP contribution < -0.4 is 10.6 Å². The van der Waals surface area contributed by atoms with E-state index in [1.54, 1.807) is 17.2 Å². The Kier molecular flexibility index (Phi) is 11.1. The number of halogens is 2. The Hall–Kier alpha value is -4.06. The number of rotatable bonds is 13. The number of amides is 2. The van der Waals surface area contributed by atoms with Gasteiger partial charge in [0.1, 0.15) is 17.4 Å². The lowest BCUT2D eigenvalue weighted by atomic mass is 9.99. The van der Waals surface area contributed by atoms with Gasteiger partial charge in [0, 0.05) is 59.8 Å². The number of aliphatic hydroxyl groups excluding tert-OH is 1. The molecule has 3 N–H and O–H groups in total. The molecule has 0 spiro atoms. The van der Waals surface area contributed by atoms with Crippen molar-refractivity contribution >= 4 is 23.2 Å². The van der Waals surface area contributed by atoms with Crippen molar-refractivity contribution in [3.05, 3.63) is 116 Å². The van der Waals surface area contributed by atoms with E-state index < -0.39 is 30.4 Å². The number of nitrogens with one attached hydrogen (secondary N) is 2. The number of pyridine rings is 1. The molecule has 8 nitrogen and oxygen atoms in total. The number of carbonyl (C=O) groups excluding carboxylic acids is 2. The topological polar surface area (TPSA) is 107 Å². The Morgan fingerprint density at radius 1 is 1.09 bits per heavy atom. The molecule has 0 bridgehead atoms. The minimum atomic E-state index is -1.53. The summed E-state index contributed by atoms with van der Waals surface area (Å²) < 4.78 is 28.5. The van der Waals surface area contributed by atoms with Gasteiger partial charge in [0.25, 0.3) is 11.8 Å². The Morgan fingerprint density at radius 3 is 2.55 bits per heavy atom. The Morgan fingerprint density at radius 2 is 1.85 bits per heavy atom. The predicted octanol–water partition coefficient (Wildman–Crippen LogP) is 5.99. The zero-order chi connectivity index (χ0) is 33.6. The maximum atomic E-state index is 14.4. The number of hydrogen-bond donors (Lipinski definition) is 3. The lowest BCUT2D eigenvalue weighted by molar-refractivity contribution is 0.0735. The highest BCUT2D eigenvalue weighted by atomic mass is 32.1. The van der Waals surface area contributed by atoms with Crippen molar-refractivity contribution < 1.29 is 23.5 Å². The van der Waals surface area contributed by atoms with Gasteiger partial charge in [-0.05, 0) is 81.0 Å². The molecule has 0 saturated carbocycles. The van der Waals surface area contributed by atoms with Crippen LogP contribution in [-0.2, 0) is 25.3 Å². The number of aryl methyl sites for hydroxylation is 1. The van der Waals surface area contributed by atoms with Crippen molar-refractivity contribution in [3.63, 3.8) is 0 Å². The molecule has 3 atom stereocenters. The summed E-state index contributed by atoms with van der Waals surface area (Å²) in [5.74, 6) is -0.797. The van der Waals surface area contributed by atoms with Gasteiger partial charge in [0.15, 0.2) is 0 Å². The normalized spacial score (nSPS) is 16.2. The number of nitrogens with zero attached hydrogens (tertiary/aromatic N) is 3. The average Bonchev–Trinajstić information content (AvgIpc) is 3.73. The van der Waals surface area contributed by atoms with Crippen LogP contribution >= 0.6 is 11.3 Å². The number of likely N-dealkylation sites (tertiary alicyclic amines) is 1. The number of alkyl halides is 2. The van der Waals surface area contributed by atoms with Crippen LogP contribution in [0.3, 0.4) is 0 Å². The molecule has 47 heavy (non-hydrogen) atoms. The number of thiazole rings is 1. The summed E-state index contributed by atoms with van der Waals surface area (Å²) in [6, 6.07) is 14.8. The molecule has 1 fully saturated rings. The van der Waals surface area contributed by atoms with Crippen molar-refractivity contribution in [2.24, 2.45) is 0 Å². The van der Waals surface area contributed by atoms with Crippen LogP contribution in [-0.4, -0.2) is 57.0 Å². The molecule has 1 aliphatic heterocycles. The van der Waals surface area contributed by atoms with Crippen LogP contribution in [0.2, 0.25) is 0 Å². The standard InChI is InChI=1S/C36H41F2N5O3S/c1-23-22-47-34(41-23)31-10-7-11-43(31)35(46)28-13-25(17-37)12-27(16-28)33(45)42-30(15-24-8-5-4-6-9-24)32(44)21-40-19-26-14-29(20-39-18-26)36(2,3)38/h4-6,8-9,12-14,16,18,20,22,30-32,40,44H,7,10-11,15,17,19,21H2,1-3H3,(H,42,45)/t30-,31+,32-/m0/s1. The van der Waals surface area contributed by atoms with Gasteiger partial charge in [-0.25, -0.2) is 13.8 Å². The van der Waals surface area contributed by atoms with Gasteiger partial charge < -0.3 is 20.6 Å². The van der Waals surface area contributed by atoms with Crippen molar-refractivity contribution in [1.29, 1.82) is 0 Å². The molecule has 4 aromatic rings. The van der Waals surface area contributed by atoms with Gasteiger partial charge in [0.2, 0.25) is 0 Å². The van der Waals surface area contributed by atoms with Gasteiger partial charge in [-0.15, -0.1) is 11.3 Å². The van der Waals surface area contributed by atoms with Crippen LogP contribution in [0, 0.1) is 6.92 Å². The second kappa shape index (κ2) is 15.2. The van der Waals surface area contributed by atoms with Crippen LogP contribution in [0.15, 0.2) is 72.4 Å². The molecule has 1 aliphatic rings. The number of aromatic nitrogens is 2. The van der Waals surface area contributed by atoms with Gasteiger partial charge in [-0.3, -0.25) is 14.6 Å². The first kappa shape index (κ1) is 34.3. The lowest BCUT2D eigenvalue weighted by Gasteiger charge is -2.26. The van der Waals surface area contributed by atoms with Crippen molar-refractivity contribution in [2.75, 3.05) is 13.1 Å². The molecular formula is C36H41F2N5O3S. The molecule has 2 aromatic carbocycles. The Labute approximate surface area is 278 Å². The number of aliphatic hydroxyl groups is 1. The monoisotopic (exact) mass is 661 g/mol. The second-order valence-electron chi connectivity index (χ2n) is 12.6. The molecular weight excluding hydrogens is 620 g/mol. The van der Waals surface area contributed by atoms with E-state index in [9.17, 15) is 23.5 Å². The fourth-order valence-corrected chi connectivity index (χ4v) is 6.74. The summed E-state index contributed by atoms with van der Waals surface area (Å²) in [4.78, 5) is 37.9. The molecule has 0 unspecified atom stereocenters. The quantitative estimate of drug-likeness (QED) is 0.163. The van der Waals surface area contributed by atoms with E-state index in [4.69, 9.17) is 0 Å². The molecule has 2 aromatic heterocycles. The summed E-state index contributed by atoms with van der Waals surface area (Å²) in [6.07, 6.45) is 4.07. The van der Waals surface area contributed by atoms with E-state index in [1.807, 2.05) is 42.6 Å². The first-order valence-corrected chi connectivity index (χ1v) is 16.7. The third-order valence-corrected chi connectivity index (χ3v) is 9.40. The maximum Gasteiger partial charge on any atom is 0.254 e. The molecule has 3 heterocycles. The third kappa shape index (κ3) is 8.85. The lowest BCUT2D eigenvalue weighted by Crippen LogP contribution is -2.48. The van der Waals surface area contributed by atoms with E-state index in [-0.39, 0.29) is 35.2 Å². The molecule has 248 valence electrons. The maximum absolute atomic E-state index is 14.4. The first-order chi connectivity index (χ1) is 22.5. The minimum absolute atomic E-state index is 0.127. The number of benzene rings is 2. The highest BCUT2D eigenvalue weighted by Crippen LogP contribution is 2.35. The molecule has 11 heteroatoms. The smallest absolute Gasteiger partial charge is 0.254 e. The van der Waals surface area contributed by atoms with Crippen LogP contribution in [0.1, 0.15) is 86.4 Å². The van der Waals surface area contributed by atoms with E-state index in [0.717, 1.165) is 34.7 Å². The highest BCUT2D eigenvalue weighted by Gasteiger charge is 2.33. The molecule has 2 amide bonds. The summed E-state index contributed by atoms with van der Waals surface area (Å²) in [5.41, 5.74) is 2.08. The van der Waals surface area contributed by atoms with E-state index in [1.165, 1.54) is 49.6 Å². The van der Waals surface area contributed by atoms with Crippen LogP contribution in [0.4, 0.5) is 8.78 Å². The highest BCUT2D eigenvalue weighted by molar-refractivity contribution is 7.09. The zero-order valence-corrected chi connectivity index (χ0v) is 27.7. The average molecular weight is 662 g/mol. The van der Waals surface area contributed by atoms with Crippen molar-refractivity contribution in [2.45, 2.75) is 77.1 Å². The van der Waals surface area contributed by atoms with E-state index >= 15 is 0 Å². The van der Waals surface area contributed by atoms with Gasteiger partial charge in [-0.1, -0.05) is 30.3 Å². The summed E-state index contributed by atoms with van der Waals surface area (Å²) in [5, 5.41) is 20.2. The van der Waals surface area contributed by atoms with Gasteiger partial charge in [0.05, 0.1) is 18.2 Å². The Bertz CT molecular complexity index is 1680. The molecule has 1 saturated heterocycles. The van der Waals surface area contributed by atoms with Crippen molar-refractivity contribution in [1.82, 2.24) is 25.5 Å². The summed E-state index contributed by atoms with van der Waals surface area (Å²) in [7, 11) is 0. The van der Waals surface area contributed by atoms with E-state index in [0.29, 0.717) is 25.1 Å². The number of hydrogen-bond acceptors (Lipinski definition) is 7. The van der Waals surface area contributed by atoms with E-state index in [2.05, 4.69) is 20.6 Å². The SMILES string of the molecule is Cc1csc([C@H]2CCCN2C(=O)c2cc(CF)cc(C(=O)N[C@@H](Cc3ccccc3)[C@@H](O)CNCc3cncc(C(C)(C)F)c3)c2)n1. The largest absolute Gasteiger partial charge is 0.390 e. The summed E-state index contributed by atoms with van der Waals surface area (Å²) in [6.45, 7) is 5.02. The molecule has 0 radical (unpaired) electrons. The minimum Gasteiger partial charge on any atom is -0.390 e. The fourth-order valence-electron chi connectivity index (χ4n) is 5.80. The van der Waals surface area contributed by atoms with Crippen molar-refractivity contribution in [3.8, 4) is 0 Å². The van der Waals surface area contributed by atoms with Gasteiger partial charge >= 0.3 is 0 Å². The molecule has 5 rings (SSSR count). The first-order valence-electron chi connectivity index (χ1n) is 15.8. The van der Waals surface area contributed by atoms with Crippen LogP contribution in [0.5, 0.6) is 0 Å². The zero-order valence-electron chi connectivity index (χ0n) is 26.9. The number of carbonyl (C=O) groups is 2. The van der Waals surface area contributed by atoms with Gasteiger partial charge in [-0.2, -0.15) is 0 Å². The summed E-state index contributed by atoms with van der Waals surface area (Å²) >= 11 is 1.52. The molecule has 0 aliphatic carbocycles. The fraction of sp³-hybridized carbons (Fsp3) is 0.389. The Balaban J connectivity index is 1.31. The predicted molar refractivity (Wildman–Crippen MR) is 179 cm³/mol.